The molecule has 0 fully saturated rings. The number of hydrogen-bond donors (Lipinski definition) is 0. The maximum atomic E-state index is 2.56. The van der Waals surface area contributed by atoms with E-state index in [0.29, 0.717) is 0 Å². The van der Waals surface area contributed by atoms with Crippen molar-refractivity contribution in [3.63, 3.8) is 0 Å². The Morgan fingerprint density at radius 3 is 1.00 bits per heavy atom. The van der Waals surface area contributed by atoms with Gasteiger partial charge in [0, 0.05) is 43.7 Å². The van der Waals surface area contributed by atoms with E-state index in [2.05, 4.69) is 207 Å². The molecule has 0 spiro atoms. The van der Waals surface area contributed by atoms with Crippen molar-refractivity contribution in [1.82, 2.24) is 9.13 Å². The van der Waals surface area contributed by atoms with E-state index in [4.69, 9.17) is 0 Å². The van der Waals surface area contributed by atoms with Crippen LogP contribution in [-0.2, 0) is 10.8 Å². The molecule has 11 aromatic rings. The van der Waals surface area contributed by atoms with Gasteiger partial charge >= 0.3 is 0 Å². The van der Waals surface area contributed by atoms with E-state index in [0.717, 1.165) is 0 Å². The van der Waals surface area contributed by atoms with Gasteiger partial charge in [-0.1, -0.05) is 119 Å². The molecule has 0 atom stereocenters. The van der Waals surface area contributed by atoms with E-state index < -0.39 is 0 Å². The van der Waals surface area contributed by atoms with Crippen molar-refractivity contribution in [3.8, 4) is 33.6 Å². The average Bonchev–Trinajstić information content (AvgIpc) is 3.90. The third-order valence-corrected chi connectivity index (χ3v) is 14.0. The highest BCUT2D eigenvalue weighted by Crippen LogP contribution is 2.57. The van der Waals surface area contributed by atoms with Crippen molar-refractivity contribution in [1.29, 1.82) is 0 Å². The number of rotatable bonds is 2. The molecule has 0 unspecified atom stereocenters. The van der Waals surface area contributed by atoms with Crippen LogP contribution in [0.25, 0.3) is 98.8 Å². The molecule has 0 aliphatic heterocycles. The summed E-state index contributed by atoms with van der Waals surface area (Å²) in [6, 6.07) is 64.1. The van der Waals surface area contributed by atoms with Gasteiger partial charge in [-0.2, -0.15) is 0 Å². The van der Waals surface area contributed by atoms with Gasteiger partial charge in [0.05, 0.1) is 22.1 Å². The monoisotopic (exact) mass is 740 g/mol. The standard InChI is InChI=1S/C56H40N2/c1-55(2)47-29-35-25-37(57-51-17-9-5-13-39(51)40-14-6-10-18-52(40)57)23-21-33(35)27-43(47)45-31-46-44-28-34-22-24-38(26-36(34)30-48(44)56(3,4)50(46)32-49(45)55)58-53-19-11-7-15-41(53)42-16-8-12-20-54(42)58/h5-32H,1-4H3. The predicted molar refractivity (Wildman–Crippen MR) is 245 cm³/mol. The van der Waals surface area contributed by atoms with E-state index in [9.17, 15) is 0 Å². The van der Waals surface area contributed by atoms with Gasteiger partial charge in [0.25, 0.3) is 0 Å². The molecule has 2 aliphatic rings. The van der Waals surface area contributed by atoms with Crippen LogP contribution in [0, 0.1) is 0 Å². The zero-order valence-corrected chi connectivity index (χ0v) is 33.1. The fourth-order valence-electron chi connectivity index (χ4n) is 11.1. The summed E-state index contributed by atoms with van der Waals surface area (Å²) in [7, 11) is 0. The molecule has 2 aliphatic carbocycles. The Kier molecular flexibility index (Phi) is 6.07. The highest BCUT2D eigenvalue weighted by molar-refractivity contribution is 6.11. The minimum Gasteiger partial charge on any atom is -0.309 e. The van der Waals surface area contributed by atoms with Crippen LogP contribution in [0.15, 0.2) is 170 Å². The number of hydrogen-bond acceptors (Lipinski definition) is 0. The third-order valence-electron chi connectivity index (χ3n) is 14.0. The van der Waals surface area contributed by atoms with Gasteiger partial charge in [0.2, 0.25) is 0 Å². The van der Waals surface area contributed by atoms with Gasteiger partial charge in [-0.05, 0) is 145 Å². The summed E-state index contributed by atoms with van der Waals surface area (Å²) in [5.74, 6) is 0. The number of aromatic nitrogens is 2. The number of nitrogens with zero attached hydrogens (tertiary/aromatic N) is 2. The summed E-state index contributed by atoms with van der Waals surface area (Å²) in [5.41, 5.74) is 18.2. The Morgan fingerprint density at radius 1 is 0.293 bits per heavy atom. The summed E-state index contributed by atoms with van der Waals surface area (Å²) in [6.07, 6.45) is 0. The Hall–Kier alpha value is -6.90. The number of fused-ring (bicyclic) bond motifs is 14. The first-order valence-corrected chi connectivity index (χ1v) is 20.6. The molecule has 0 N–H and O–H groups in total. The largest absolute Gasteiger partial charge is 0.309 e. The molecule has 0 radical (unpaired) electrons. The van der Waals surface area contributed by atoms with Crippen molar-refractivity contribution < 1.29 is 0 Å². The Bertz CT molecular complexity index is 3280. The Balaban J connectivity index is 0.950. The molecule has 2 heterocycles. The van der Waals surface area contributed by atoms with Crippen LogP contribution in [0.2, 0.25) is 0 Å². The van der Waals surface area contributed by atoms with E-state index in [-0.39, 0.29) is 10.8 Å². The normalized spacial score (nSPS) is 14.8. The SMILES string of the molecule is CC1(C)c2cc3c(cc2-c2cc4ccc(-n5c6ccccc6c6ccccc65)cc4cc21)-c1cc2ccc(-n4c5ccccc5c5ccccc54)cc2cc1C3(C)C. The van der Waals surface area contributed by atoms with Crippen LogP contribution in [-0.4, -0.2) is 9.13 Å². The lowest BCUT2D eigenvalue weighted by Crippen LogP contribution is -2.18. The maximum Gasteiger partial charge on any atom is 0.0541 e. The van der Waals surface area contributed by atoms with Crippen LogP contribution in [0.5, 0.6) is 0 Å². The quantitative estimate of drug-likeness (QED) is 0.167. The second-order valence-corrected chi connectivity index (χ2v) is 17.8. The summed E-state index contributed by atoms with van der Waals surface area (Å²) in [6.45, 7) is 9.69. The van der Waals surface area contributed by atoms with Crippen LogP contribution in [0.3, 0.4) is 0 Å². The summed E-state index contributed by atoms with van der Waals surface area (Å²) in [4.78, 5) is 0. The lowest BCUT2D eigenvalue weighted by atomic mass is 9.77. The fourth-order valence-corrected chi connectivity index (χ4v) is 11.1. The van der Waals surface area contributed by atoms with Gasteiger partial charge in [-0.3, -0.25) is 0 Å². The van der Waals surface area contributed by atoms with Crippen molar-refractivity contribution in [3.05, 3.63) is 192 Å². The molecule has 0 saturated carbocycles. The van der Waals surface area contributed by atoms with Crippen LogP contribution < -0.4 is 0 Å². The highest BCUT2D eigenvalue weighted by Gasteiger charge is 2.42. The van der Waals surface area contributed by atoms with Crippen molar-refractivity contribution in [2.75, 3.05) is 0 Å². The molecule has 2 nitrogen and oxygen atoms in total. The summed E-state index contributed by atoms with van der Waals surface area (Å²) >= 11 is 0. The van der Waals surface area contributed by atoms with Crippen LogP contribution in [0.1, 0.15) is 49.9 Å². The number of benzene rings is 9. The van der Waals surface area contributed by atoms with Crippen LogP contribution in [0.4, 0.5) is 0 Å². The summed E-state index contributed by atoms with van der Waals surface area (Å²) in [5, 5.41) is 10.3. The predicted octanol–water partition coefficient (Wildman–Crippen LogP) is 14.8. The van der Waals surface area contributed by atoms with Gasteiger partial charge in [-0.25, -0.2) is 0 Å². The van der Waals surface area contributed by atoms with E-state index in [1.165, 1.54) is 121 Å². The number of para-hydroxylation sites is 4. The Morgan fingerprint density at radius 2 is 0.621 bits per heavy atom. The fraction of sp³-hybridized carbons (Fsp3) is 0.107. The zero-order chi connectivity index (χ0) is 38.7. The molecule has 2 aromatic heterocycles. The van der Waals surface area contributed by atoms with Gasteiger partial charge in [0.1, 0.15) is 0 Å². The lowest BCUT2D eigenvalue weighted by Gasteiger charge is -2.26. The molecule has 0 bridgehead atoms. The highest BCUT2D eigenvalue weighted by atomic mass is 15.0. The van der Waals surface area contributed by atoms with Crippen LogP contribution >= 0.6 is 0 Å². The first-order valence-electron chi connectivity index (χ1n) is 20.6. The smallest absolute Gasteiger partial charge is 0.0541 e. The first kappa shape index (κ1) is 32.2. The minimum atomic E-state index is -0.135. The molecule has 0 amide bonds. The topological polar surface area (TPSA) is 9.86 Å². The third kappa shape index (κ3) is 4.07. The van der Waals surface area contributed by atoms with E-state index >= 15 is 0 Å². The minimum absolute atomic E-state index is 0.135. The van der Waals surface area contributed by atoms with E-state index in [1.807, 2.05) is 0 Å². The van der Waals surface area contributed by atoms with Crippen molar-refractivity contribution >= 4 is 65.2 Å². The van der Waals surface area contributed by atoms with Gasteiger partial charge in [0.15, 0.2) is 0 Å². The zero-order valence-electron chi connectivity index (χ0n) is 33.1. The molecular formula is C56H40N2. The molecule has 274 valence electrons. The van der Waals surface area contributed by atoms with Gasteiger partial charge < -0.3 is 9.13 Å². The first-order chi connectivity index (χ1) is 28.3. The molecule has 13 rings (SSSR count). The molecule has 0 saturated heterocycles. The lowest BCUT2D eigenvalue weighted by molar-refractivity contribution is 0.640. The maximum absolute atomic E-state index is 2.56. The molecule has 9 aromatic carbocycles. The molecule has 2 heteroatoms. The second-order valence-electron chi connectivity index (χ2n) is 17.8. The van der Waals surface area contributed by atoms with Crippen molar-refractivity contribution in [2.45, 2.75) is 38.5 Å². The Labute approximate surface area is 337 Å². The van der Waals surface area contributed by atoms with Gasteiger partial charge in [-0.15, -0.1) is 0 Å². The van der Waals surface area contributed by atoms with E-state index in [1.54, 1.807) is 0 Å². The average molecular weight is 741 g/mol. The second kappa shape index (κ2) is 10.9. The molecular weight excluding hydrogens is 701 g/mol. The van der Waals surface area contributed by atoms with Crippen molar-refractivity contribution in [2.24, 2.45) is 0 Å². The summed E-state index contributed by atoms with van der Waals surface area (Å²) < 4.78 is 4.85. The molecule has 58 heavy (non-hydrogen) atoms.